The molecule has 6 aromatic carbocycles. The zero-order chi connectivity index (χ0) is 43.5. The SMILES string of the molecule is CC(C)(C)c1ccc2c(c1)c1cc(C(C)(C)C)ccc1n2-c1ccc(-c2cccc(C#N)c2)c(-n2c3ccc(C(C)(C)C)cc3c3cc(C(C)(C)C)ccc32)c1C(F)(F)F. The highest BCUT2D eigenvalue weighted by molar-refractivity contribution is 6.12. The molecule has 8 rings (SSSR count). The third-order valence-corrected chi connectivity index (χ3v) is 12.2. The van der Waals surface area contributed by atoms with Gasteiger partial charge in [-0.25, -0.2) is 0 Å². The topological polar surface area (TPSA) is 33.6 Å². The Kier molecular flexibility index (Phi) is 9.29. The average Bonchev–Trinajstić information content (AvgIpc) is 3.67. The number of nitriles is 1. The van der Waals surface area contributed by atoms with Gasteiger partial charge in [0.15, 0.2) is 0 Å². The summed E-state index contributed by atoms with van der Waals surface area (Å²) < 4.78 is 53.9. The first-order valence-electron chi connectivity index (χ1n) is 20.8. The second kappa shape index (κ2) is 13.6. The van der Waals surface area contributed by atoms with Crippen LogP contribution in [-0.4, -0.2) is 9.13 Å². The van der Waals surface area contributed by atoms with Crippen LogP contribution < -0.4 is 0 Å². The number of halogens is 3. The summed E-state index contributed by atoms with van der Waals surface area (Å²) in [7, 11) is 0. The molecule has 0 aliphatic heterocycles. The average molecular weight is 802 g/mol. The van der Waals surface area contributed by atoms with Gasteiger partial charge >= 0.3 is 6.18 Å². The Morgan fingerprint density at radius 3 is 1.18 bits per heavy atom. The van der Waals surface area contributed by atoms with Gasteiger partial charge in [0.1, 0.15) is 5.56 Å². The summed E-state index contributed by atoms with van der Waals surface area (Å²) in [6.45, 7) is 25.8. The van der Waals surface area contributed by atoms with E-state index in [0.29, 0.717) is 38.8 Å². The fourth-order valence-corrected chi connectivity index (χ4v) is 8.68. The zero-order valence-electron chi connectivity index (χ0n) is 36.9. The number of alkyl halides is 3. The van der Waals surface area contributed by atoms with E-state index in [1.165, 1.54) is 0 Å². The Labute approximate surface area is 352 Å². The van der Waals surface area contributed by atoms with Crippen molar-refractivity contribution in [2.75, 3.05) is 0 Å². The van der Waals surface area contributed by atoms with Crippen LogP contribution in [0.4, 0.5) is 13.2 Å². The summed E-state index contributed by atoms with van der Waals surface area (Å²) >= 11 is 0. The molecule has 3 nitrogen and oxygen atoms in total. The molecule has 306 valence electrons. The third kappa shape index (κ3) is 6.86. The molecule has 0 aliphatic carbocycles. The molecular weight excluding hydrogens is 748 g/mol. The Bertz CT molecular complexity index is 2920. The van der Waals surface area contributed by atoms with E-state index < -0.39 is 11.7 Å². The van der Waals surface area contributed by atoms with Crippen molar-refractivity contribution < 1.29 is 13.2 Å². The molecule has 0 saturated carbocycles. The van der Waals surface area contributed by atoms with Crippen molar-refractivity contribution >= 4 is 43.6 Å². The first kappa shape index (κ1) is 41.0. The zero-order valence-corrected chi connectivity index (χ0v) is 36.9. The van der Waals surface area contributed by atoms with E-state index in [-0.39, 0.29) is 33.0 Å². The van der Waals surface area contributed by atoms with Crippen molar-refractivity contribution in [1.82, 2.24) is 9.13 Å². The third-order valence-electron chi connectivity index (χ3n) is 12.2. The van der Waals surface area contributed by atoms with Crippen molar-refractivity contribution in [2.24, 2.45) is 0 Å². The van der Waals surface area contributed by atoms with Crippen molar-refractivity contribution in [2.45, 2.75) is 111 Å². The van der Waals surface area contributed by atoms with Crippen LogP contribution in [0.3, 0.4) is 0 Å². The van der Waals surface area contributed by atoms with E-state index in [2.05, 4.69) is 113 Å². The monoisotopic (exact) mass is 801 g/mol. The molecule has 0 unspecified atom stereocenters. The maximum Gasteiger partial charge on any atom is 0.420 e. The van der Waals surface area contributed by atoms with Crippen LogP contribution in [0.2, 0.25) is 0 Å². The lowest BCUT2D eigenvalue weighted by atomic mass is 9.85. The summed E-state index contributed by atoms with van der Waals surface area (Å²) in [6, 6.07) is 37.3. The molecule has 0 radical (unpaired) electrons. The summed E-state index contributed by atoms with van der Waals surface area (Å²) in [6.07, 6.45) is -4.81. The summed E-state index contributed by atoms with van der Waals surface area (Å²) in [5, 5.41) is 13.6. The van der Waals surface area contributed by atoms with Crippen LogP contribution in [0.15, 0.2) is 109 Å². The molecule has 0 saturated heterocycles. The molecule has 0 bridgehead atoms. The second-order valence-corrected chi connectivity index (χ2v) is 20.6. The Balaban J connectivity index is 1.60. The highest BCUT2D eigenvalue weighted by Gasteiger charge is 2.41. The van der Waals surface area contributed by atoms with Crippen LogP contribution in [0.25, 0.3) is 66.1 Å². The number of benzene rings is 6. The molecule has 0 amide bonds. The summed E-state index contributed by atoms with van der Waals surface area (Å²) in [5.74, 6) is 0. The normalized spacial score (nSPS) is 13.2. The molecule has 60 heavy (non-hydrogen) atoms. The maximum absolute atomic E-state index is 16.7. The molecule has 0 spiro atoms. The van der Waals surface area contributed by atoms with E-state index in [9.17, 15) is 5.26 Å². The van der Waals surface area contributed by atoms with Crippen molar-refractivity contribution in [1.29, 1.82) is 5.26 Å². The summed E-state index contributed by atoms with van der Waals surface area (Å²) in [5.41, 5.74) is 7.01. The lowest BCUT2D eigenvalue weighted by molar-refractivity contribution is -0.137. The van der Waals surface area contributed by atoms with Gasteiger partial charge in [-0.05, 0) is 116 Å². The molecule has 2 heterocycles. The minimum Gasteiger partial charge on any atom is -0.309 e. The number of fused-ring (bicyclic) bond motifs is 6. The molecule has 0 N–H and O–H groups in total. The Hall–Kier alpha value is -5.80. The molecule has 6 heteroatoms. The highest BCUT2D eigenvalue weighted by Crippen LogP contribution is 2.49. The van der Waals surface area contributed by atoms with E-state index >= 15 is 13.2 Å². The van der Waals surface area contributed by atoms with E-state index in [4.69, 9.17) is 0 Å². The van der Waals surface area contributed by atoms with Gasteiger partial charge in [-0.1, -0.05) is 126 Å². The van der Waals surface area contributed by atoms with E-state index in [1.807, 2.05) is 63.7 Å². The number of hydrogen-bond donors (Lipinski definition) is 0. The van der Waals surface area contributed by atoms with Gasteiger partial charge in [0.05, 0.1) is 45.1 Å². The largest absolute Gasteiger partial charge is 0.420 e. The van der Waals surface area contributed by atoms with Gasteiger partial charge in [-0.2, -0.15) is 18.4 Å². The van der Waals surface area contributed by atoms with Crippen LogP contribution in [-0.2, 0) is 27.8 Å². The number of aromatic nitrogens is 2. The molecule has 0 atom stereocenters. The smallest absolute Gasteiger partial charge is 0.309 e. The van der Waals surface area contributed by atoms with Gasteiger partial charge < -0.3 is 9.13 Å². The fraction of sp³-hybridized carbons (Fsp3) is 0.315. The predicted molar refractivity (Wildman–Crippen MR) is 245 cm³/mol. The van der Waals surface area contributed by atoms with Crippen LogP contribution in [0.1, 0.15) is 116 Å². The number of hydrogen-bond acceptors (Lipinski definition) is 1. The predicted octanol–water partition coefficient (Wildman–Crippen LogP) is 15.6. The standard InChI is InChI=1S/C54H54F3N3/c1-50(2,3)34-16-21-43-39(27-34)40-28-35(51(4,5)6)17-22-44(40)59(43)47-25-20-38(33-15-13-14-32(26-33)31-58)49(48(47)54(55,56)57)60-45-23-18-36(52(7,8)9)29-41(45)42-30-37(53(10,11)12)19-24-46(42)60/h13-30H,1-12H3. The van der Waals surface area contributed by atoms with Gasteiger partial charge in [-0.15, -0.1) is 0 Å². The lowest BCUT2D eigenvalue weighted by Crippen LogP contribution is -2.17. The van der Waals surface area contributed by atoms with Crippen molar-refractivity contribution in [3.63, 3.8) is 0 Å². The minimum absolute atomic E-state index is 0.0229. The Morgan fingerprint density at radius 2 is 0.833 bits per heavy atom. The number of rotatable bonds is 3. The van der Waals surface area contributed by atoms with E-state index in [0.717, 1.165) is 43.8 Å². The van der Waals surface area contributed by atoms with Gasteiger partial charge in [-0.3, -0.25) is 0 Å². The first-order chi connectivity index (χ1) is 27.9. The van der Waals surface area contributed by atoms with Crippen LogP contribution in [0, 0.1) is 11.3 Å². The number of nitrogens with zero attached hydrogens (tertiary/aromatic N) is 3. The van der Waals surface area contributed by atoms with Gasteiger partial charge in [0.2, 0.25) is 0 Å². The molecular formula is C54H54F3N3. The van der Waals surface area contributed by atoms with Crippen LogP contribution in [0.5, 0.6) is 0 Å². The minimum atomic E-state index is -4.81. The quantitative estimate of drug-likeness (QED) is 0.175. The second-order valence-electron chi connectivity index (χ2n) is 20.6. The highest BCUT2D eigenvalue weighted by atomic mass is 19.4. The first-order valence-corrected chi connectivity index (χ1v) is 20.8. The van der Waals surface area contributed by atoms with E-state index in [1.54, 1.807) is 30.3 Å². The fourth-order valence-electron chi connectivity index (χ4n) is 8.68. The van der Waals surface area contributed by atoms with Gasteiger partial charge in [0, 0.05) is 27.1 Å². The maximum atomic E-state index is 16.7. The molecule has 0 fully saturated rings. The Morgan fingerprint density at radius 1 is 0.450 bits per heavy atom. The molecule has 0 aliphatic rings. The van der Waals surface area contributed by atoms with Gasteiger partial charge in [0.25, 0.3) is 0 Å². The molecule has 8 aromatic rings. The van der Waals surface area contributed by atoms with Crippen LogP contribution >= 0.6 is 0 Å². The van der Waals surface area contributed by atoms with Crippen molar-refractivity contribution in [3.8, 4) is 28.6 Å². The van der Waals surface area contributed by atoms with Crippen molar-refractivity contribution in [3.05, 3.63) is 143 Å². The summed E-state index contributed by atoms with van der Waals surface area (Å²) in [4.78, 5) is 0. The molecule has 2 aromatic heterocycles. The lowest BCUT2D eigenvalue weighted by Gasteiger charge is -2.25.